The molecule has 118 valence electrons. The zero-order valence-electron chi connectivity index (χ0n) is 13.4. The van der Waals surface area contributed by atoms with Crippen LogP contribution in [0.5, 0.6) is 0 Å². The van der Waals surface area contributed by atoms with E-state index in [1.54, 1.807) is 0 Å². The number of nitrogens with one attached hydrogen (secondary N) is 1. The SMILES string of the molecule is CC(C)CCc1ccc(NCC2(CS(C)(=O)=O)CC2)cc1. The predicted octanol–water partition coefficient (Wildman–Crippen LogP) is 3.51. The Hall–Kier alpha value is -1.03. The van der Waals surface area contributed by atoms with Crippen LogP contribution >= 0.6 is 0 Å². The minimum atomic E-state index is -2.89. The maximum absolute atomic E-state index is 11.4. The third-order valence-electron chi connectivity index (χ3n) is 4.16. The quantitative estimate of drug-likeness (QED) is 0.799. The van der Waals surface area contributed by atoms with Gasteiger partial charge in [-0.3, -0.25) is 0 Å². The van der Waals surface area contributed by atoms with Gasteiger partial charge in [-0.2, -0.15) is 0 Å². The molecule has 0 unspecified atom stereocenters. The number of hydrogen-bond acceptors (Lipinski definition) is 3. The third-order valence-corrected chi connectivity index (χ3v) is 5.29. The summed E-state index contributed by atoms with van der Waals surface area (Å²) in [4.78, 5) is 0. The first-order valence-electron chi connectivity index (χ1n) is 7.79. The van der Waals surface area contributed by atoms with Crippen LogP contribution in [0.4, 0.5) is 5.69 Å². The summed E-state index contributed by atoms with van der Waals surface area (Å²) in [5.41, 5.74) is 2.43. The second-order valence-corrected chi connectivity index (χ2v) is 9.19. The first-order valence-corrected chi connectivity index (χ1v) is 9.85. The molecule has 1 fully saturated rings. The van der Waals surface area contributed by atoms with Gasteiger partial charge in [0.15, 0.2) is 0 Å². The van der Waals surface area contributed by atoms with Crippen LogP contribution in [0.3, 0.4) is 0 Å². The van der Waals surface area contributed by atoms with Crippen molar-refractivity contribution in [2.45, 2.75) is 39.5 Å². The molecule has 4 heteroatoms. The highest BCUT2D eigenvalue weighted by Crippen LogP contribution is 2.46. The monoisotopic (exact) mass is 309 g/mol. The molecule has 1 aromatic carbocycles. The van der Waals surface area contributed by atoms with Gasteiger partial charge in [0.25, 0.3) is 0 Å². The molecule has 1 aliphatic rings. The van der Waals surface area contributed by atoms with Gasteiger partial charge in [-0.15, -0.1) is 0 Å². The zero-order valence-corrected chi connectivity index (χ0v) is 14.2. The topological polar surface area (TPSA) is 46.2 Å². The molecule has 0 heterocycles. The number of anilines is 1. The molecule has 21 heavy (non-hydrogen) atoms. The summed E-state index contributed by atoms with van der Waals surface area (Å²) in [5.74, 6) is 1.04. The molecule has 0 aliphatic heterocycles. The first kappa shape index (κ1) is 16.3. The highest BCUT2D eigenvalue weighted by Gasteiger charge is 2.44. The van der Waals surface area contributed by atoms with Crippen molar-refractivity contribution in [1.82, 2.24) is 0 Å². The van der Waals surface area contributed by atoms with Gasteiger partial charge in [-0.1, -0.05) is 26.0 Å². The van der Waals surface area contributed by atoms with E-state index in [-0.39, 0.29) is 5.41 Å². The molecule has 2 rings (SSSR count). The van der Waals surface area contributed by atoms with E-state index in [4.69, 9.17) is 0 Å². The number of benzene rings is 1. The molecular weight excluding hydrogens is 282 g/mol. The van der Waals surface area contributed by atoms with Crippen LogP contribution < -0.4 is 5.32 Å². The zero-order chi connectivity index (χ0) is 15.5. The Morgan fingerprint density at radius 1 is 1.19 bits per heavy atom. The van der Waals surface area contributed by atoms with E-state index in [1.165, 1.54) is 18.2 Å². The lowest BCUT2D eigenvalue weighted by molar-refractivity contribution is 0.561. The van der Waals surface area contributed by atoms with Crippen LogP contribution in [0.2, 0.25) is 0 Å². The maximum atomic E-state index is 11.4. The van der Waals surface area contributed by atoms with E-state index in [2.05, 4.69) is 43.4 Å². The maximum Gasteiger partial charge on any atom is 0.148 e. The molecule has 0 atom stereocenters. The highest BCUT2D eigenvalue weighted by molar-refractivity contribution is 7.90. The van der Waals surface area contributed by atoms with E-state index < -0.39 is 9.84 Å². The molecule has 0 bridgehead atoms. The summed E-state index contributed by atoms with van der Waals surface area (Å²) >= 11 is 0. The Kier molecular flexibility index (Phi) is 4.97. The lowest BCUT2D eigenvalue weighted by atomic mass is 10.0. The van der Waals surface area contributed by atoms with Crippen LogP contribution in [0, 0.1) is 11.3 Å². The molecule has 0 radical (unpaired) electrons. The molecule has 1 aromatic rings. The second kappa shape index (κ2) is 6.39. The number of aryl methyl sites for hydroxylation is 1. The summed E-state index contributed by atoms with van der Waals surface area (Å²) < 4.78 is 22.9. The molecule has 0 spiro atoms. The molecule has 1 saturated carbocycles. The fourth-order valence-corrected chi connectivity index (χ4v) is 4.14. The predicted molar refractivity (Wildman–Crippen MR) is 89.5 cm³/mol. The van der Waals surface area contributed by atoms with Crippen molar-refractivity contribution >= 4 is 15.5 Å². The first-order chi connectivity index (χ1) is 9.78. The van der Waals surface area contributed by atoms with E-state index in [0.29, 0.717) is 5.75 Å². The van der Waals surface area contributed by atoms with E-state index in [1.807, 2.05) is 0 Å². The summed E-state index contributed by atoms with van der Waals surface area (Å²) in [6.07, 6.45) is 5.69. The van der Waals surface area contributed by atoms with Crippen LogP contribution in [-0.4, -0.2) is 27.0 Å². The number of sulfone groups is 1. The Morgan fingerprint density at radius 2 is 1.81 bits per heavy atom. The van der Waals surface area contributed by atoms with Crippen molar-refractivity contribution in [2.75, 3.05) is 23.9 Å². The van der Waals surface area contributed by atoms with Crippen molar-refractivity contribution in [1.29, 1.82) is 0 Å². The van der Waals surface area contributed by atoms with E-state index in [9.17, 15) is 8.42 Å². The van der Waals surface area contributed by atoms with Crippen molar-refractivity contribution in [3.8, 4) is 0 Å². The van der Waals surface area contributed by atoms with Gasteiger partial charge in [0.05, 0.1) is 5.75 Å². The van der Waals surface area contributed by atoms with Gasteiger partial charge in [0.2, 0.25) is 0 Å². The standard InChI is InChI=1S/C17H27NO2S/c1-14(2)4-5-15-6-8-16(9-7-15)18-12-17(10-11-17)13-21(3,19)20/h6-9,14,18H,4-5,10-13H2,1-3H3. The Morgan fingerprint density at radius 3 is 2.29 bits per heavy atom. The van der Waals surface area contributed by atoms with E-state index in [0.717, 1.165) is 37.4 Å². The largest absolute Gasteiger partial charge is 0.384 e. The fraction of sp³-hybridized carbons (Fsp3) is 0.647. The Bertz CT molecular complexity index is 557. The fourth-order valence-electron chi connectivity index (χ4n) is 2.64. The van der Waals surface area contributed by atoms with Crippen molar-refractivity contribution < 1.29 is 8.42 Å². The van der Waals surface area contributed by atoms with Crippen molar-refractivity contribution in [2.24, 2.45) is 11.3 Å². The van der Waals surface area contributed by atoms with Gasteiger partial charge >= 0.3 is 0 Å². The number of rotatable bonds is 8. The van der Waals surface area contributed by atoms with Crippen molar-refractivity contribution in [3.05, 3.63) is 29.8 Å². The minimum absolute atomic E-state index is 0.0239. The molecular formula is C17H27NO2S. The molecule has 0 amide bonds. The number of hydrogen-bond donors (Lipinski definition) is 1. The van der Waals surface area contributed by atoms with Crippen LogP contribution in [0.1, 0.15) is 38.7 Å². The van der Waals surface area contributed by atoms with Gasteiger partial charge < -0.3 is 5.32 Å². The average molecular weight is 309 g/mol. The third kappa shape index (κ3) is 5.70. The summed E-state index contributed by atoms with van der Waals surface area (Å²) in [5, 5.41) is 3.40. The highest BCUT2D eigenvalue weighted by atomic mass is 32.2. The molecule has 0 aromatic heterocycles. The summed E-state index contributed by atoms with van der Waals surface area (Å²) in [7, 11) is -2.89. The summed E-state index contributed by atoms with van der Waals surface area (Å²) in [6, 6.07) is 8.54. The lowest BCUT2D eigenvalue weighted by Gasteiger charge is -2.16. The molecule has 1 N–H and O–H groups in total. The van der Waals surface area contributed by atoms with Gasteiger partial charge in [0.1, 0.15) is 9.84 Å². The van der Waals surface area contributed by atoms with Crippen LogP contribution in [0.25, 0.3) is 0 Å². The minimum Gasteiger partial charge on any atom is -0.384 e. The van der Waals surface area contributed by atoms with E-state index >= 15 is 0 Å². The van der Waals surface area contributed by atoms with Gasteiger partial charge in [-0.25, -0.2) is 8.42 Å². The second-order valence-electron chi connectivity index (χ2n) is 7.05. The molecule has 1 aliphatic carbocycles. The Balaban J connectivity index is 1.84. The molecule has 3 nitrogen and oxygen atoms in total. The Labute approximate surface area is 129 Å². The van der Waals surface area contributed by atoms with Gasteiger partial charge in [-0.05, 0) is 49.3 Å². The normalized spacial score (nSPS) is 17.0. The average Bonchev–Trinajstić information content (AvgIpc) is 3.13. The summed E-state index contributed by atoms with van der Waals surface area (Å²) in [6.45, 7) is 5.24. The van der Waals surface area contributed by atoms with Crippen LogP contribution in [0.15, 0.2) is 24.3 Å². The molecule has 0 saturated heterocycles. The van der Waals surface area contributed by atoms with Crippen molar-refractivity contribution in [3.63, 3.8) is 0 Å². The lowest BCUT2D eigenvalue weighted by Crippen LogP contribution is -2.24. The van der Waals surface area contributed by atoms with Crippen LogP contribution in [-0.2, 0) is 16.3 Å². The smallest absolute Gasteiger partial charge is 0.148 e. The van der Waals surface area contributed by atoms with Gasteiger partial charge in [0, 0.05) is 23.9 Å².